The Hall–Kier alpha value is -3.80. The average molecular weight is 458 g/mol. The first-order chi connectivity index (χ1) is 16.7. The second-order valence-corrected chi connectivity index (χ2v) is 8.22. The monoisotopic (exact) mass is 457 g/mol. The van der Waals surface area contributed by atoms with E-state index in [1.54, 1.807) is 7.11 Å². The number of imidazole rings is 1. The lowest BCUT2D eigenvalue weighted by Crippen LogP contribution is -2.25. The first kappa shape index (κ1) is 23.4. The van der Waals surface area contributed by atoms with Crippen LogP contribution < -0.4 is 14.8 Å². The minimum absolute atomic E-state index is 0.0266. The Kier molecular flexibility index (Phi) is 7.81. The van der Waals surface area contributed by atoms with Gasteiger partial charge in [-0.2, -0.15) is 0 Å². The number of hydrogen-bond donors (Lipinski definition) is 1. The number of aromatic nitrogens is 2. The second kappa shape index (κ2) is 11.4. The Labute approximate surface area is 200 Å². The van der Waals surface area contributed by atoms with Gasteiger partial charge in [0.2, 0.25) is 0 Å². The zero-order chi connectivity index (χ0) is 23.8. The summed E-state index contributed by atoms with van der Waals surface area (Å²) in [5, 5.41) is 3.04. The van der Waals surface area contributed by atoms with Crippen LogP contribution in [0.4, 0.5) is 0 Å². The third-order valence-corrected chi connectivity index (χ3v) is 5.82. The molecular weight excluding hydrogens is 426 g/mol. The predicted molar refractivity (Wildman–Crippen MR) is 135 cm³/mol. The van der Waals surface area contributed by atoms with Crippen LogP contribution in [0.3, 0.4) is 0 Å². The van der Waals surface area contributed by atoms with Gasteiger partial charge < -0.3 is 19.4 Å². The van der Waals surface area contributed by atoms with Crippen LogP contribution in [0, 0.1) is 6.92 Å². The minimum atomic E-state index is -0.0266. The molecular formula is C28H31N3O3. The smallest absolute Gasteiger partial charge is 0.251 e. The van der Waals surface area contributed by atoms with Crippen molar-refractivity contribution in [1.82, 2.24) is 14.9 Å². The highest BCUT2D eigenvalue weighted by atomic mass is 16.5. The predicted octanol–water partition coefficient (Wildman–Crippen LogP) is 5.19. The maximum Gasteiger partial charge on any atom is 0.251 e. The number of ether oxygens (including phenoxy) is 2. The number of carbonyl (C=O) groups excluding carboxylic acids is 1. The van der Waals surface area contributed by atoms with Crippen molar-refractivity contribution in [3.05, 3.63) is 89.7 Å². The zero-order valence-electron chi connectivity index (χ0n) is 19.8. The molecule has 0 saturated heterocycles. The molecule has 0 aliphatic carbocycles. The molecule has 1 heterocycles. The molecule has 0 spiro atoms. The molecule has 3 aromatic carbocycles. The largest absolute Gasteiger partial charge is 0.497 e. The van der Waals surface area contributed by atoms with Crippen molar-refractivity contribution < 1.29 is 14.3 Å². The van der Waals surface area contributed by atoms with Gasteiger partial charge >= 0.3 is 0 Å². The van der Waals surface area contributed by atoms with Gasteiger partial charge in [0, 0.05) is 31.1 Å². The van der Waals surface area contributed by atoms with Crippen molar-refractivity contribution in [2.24, 2.45) is 0 Å². The molecule has 176 valence electrons. The third kappa shape index (κ3) is 5.76. The lowest BCUT2D eigenvalue weighted by atomic mass is 10.1. The highest BCUT2D eigenvalue weighted by Crippen LogP contribution is 2.20. The summed E-state index contributed by atoms with van der Waals surface area (Å²) in [6.45, 7) is 3.98. The summed E-state index contributed by atoms with van der Waals surface area (Å²) in [7, 11) is 1.65. The van der Waals surface area contributed by atoms with Crippen molar-refractivity contribution in [3.63, 3.8) is 0 Å². The van der Waals surface area contributed by atoms with E-state index in [4.69, 9.17) is 14.5 Å². The van der Waals surface area contributed by atoms with Gasteiger partial charge in [-0.1, -0.05) is 36.4 Å². The van der Waals surface area contributed by atoms with Crippen molar-refractivity contribution >= 4 is 16.9 Å². The van der Waals surface area contributed by atoms with Gasteiger partial charge in [0.1, 0.15) is 17.3 Å². The van der Waals surface area contributed by atoms with Gasteiger partial charge in [0.25, 0.3) is 5.91 Å². The van der Waals surface area contributed by atoms with Crippen molar-refractivity contribution in [1.29, 1.82) is 0 Å². The van der Waals surface area contributed by atoms with Gasteiger partial charge in [-0.05, 0) is 55.7 Å². The van der Waals surface area contributed by atoms with Crippen LogP contribution in [-0.4, -0.2) is 35.7 Å². The topological polar surface area (TPSA) is 65.4 Å². The quantitative estimate of drug-likeness (QED) is 0.315. The summed E-state index contributed by atoms with van der Waals surface area (Å²) in [6, 6.07) is 23.5. The molecule has 1 amide bonds. The Bertz CT molecular complexity index is 1250. The summed E-state index contributed by atoms with van der Waals surface area (Å²) in [5.74, 6) is 2.60. The van der Waals surface area contributed by atoms with Crippen LogP contribution in [0.5, 0.6) is 11.5 Å². The van der Waals surface area contributed by atoms with E-state index >= 15 is 0 Å². The molecule has 4 aromatic rings. The number of fused-ring (bicyclic) bond motifs is 1. The molecule has 6 nitrogen and oxygen atoms in total. The fourth-order valence-electron chi connectivity index (χ4n) is 4.04. The SMILES string of the molecule is COc1cccc(OCCCn2c(CCCNC(=O)c3ccccc3C)nc3ccccc32)c1. The van der Waals surface area contributed by atoms with Gasteiger partial charge in [-0.3, -0.25) is 4.79 Å². The molecule has 4 rings (SSSR count). The number of hydrogen-bond acceptors (Lipinski definition) is 4. The Morgan fingerprint density at radius 3 is 2.62 bits per heavy atom. The maximum atomic E-state index is 12.5. The highest BCUT2D eigenvalue weighted by Gasteiger charge is 2.11. The molecule has 0 aliphatic heterocycles. The van der Waals surface area contributed by atoms with E-state index in [0.29, 0.717) is 13.2 Å². The van der Waals surface area contributed by atoms with E-state index in [9.17, 15) is 4.79 Å². The van der Waals surface area contributed by atoms with Crippen molar-refractivity contribution in [3.8, 4) is 11.5 Å². The molecule has 1 N–H and O–H groups in total. The first-order valence-corrected chi connectivity index (χ1v) is 11.7. The maximum absolute atomic E-state index is 12.5. The number of rotatable bonds is 11. The number of aryl methyl sites for hydroxylation is 3. The van der Waals surface area contributed by atoms with Crippen LogP contribution in [0.1, 0.15) is 34.6 Å². The third-order valence-electron chi connectivity index (χ3n) is 5.82. The number of para-hydroxylation sites is 2. The summed E-state index contributed by atoms with van der Waals surface area (Å²) >= 11 is 0. The number of carbonyl (C=O) groups is 1. The van der Waals surface area contributed by atoms with Crippen molar-refractivity contribution in [2.75, 3.05) is 20.3 Å². The van der Waals surface area contributed by atoms with Gasteiger partial charge in [-0.25, -0.2) is 4.98 Å². The summed E-state index contributed by atoms with van der Waals surface area (Å²) in [6.07, 6.45) is 2.47. The highest BCUT2D eigenvalue weighted by molar-refractivity contribution is 5.95. The first-order valence-electron chi connectivity index (χ1n) is 11.7. The summed E-state index contributed by atoms with van der Waals surface area (Å²) in [4.78, 5) is 17.3. The van der Waals surface area contributed by atoms with E-state index < -0.39 is 0 Å². The fourth-order valence-corrected chi connectivity index (χ4v) is 4.04. The molecule has 1 aromatic heterocycles. The molecule has 0 bridgehead atoms. The number of methoxy groups -OCH3 is 1. The van der Waals surface area contributed by atoms with Crippen LogP contribution in [-0.2, 0) is 13.0 Å². The molecule has 0 fully saturated rings. The Balaban J connectivity index is 1.33. The molecule has 0 atom stereocenters. The van der Waals surface area contributed by atoms with Gasteiger partial charge in [0.05, 0.1) is 24.8 Å². The summed E-state index contributed by atoms with van der Waals surface area (Å²) in [5.41, 5.74) is 3.83. The van der Waals surface area contributed by atoms with Gasteiger partial charge in [0.15, 0.2) is 0 Å². The van der Waals surface area contributed by atoms with E-state index in [2.05, 4.69) is 16.0 Å². The molecule has 34 heavy (non-hydrogen) atoms. The Morgan fingerprint density at radius 1 is 0.971 bits per heavy atom. The molecule has 0 aliphatic rings. The van der Waals surface area contributed by atoms with Crippen LogP contribution >= 0.6 is 0 Å². The van der Waals surface area contributed by atoms with Crippen LogP contribution in [0.25, 0.3) is 11.0 Å². The summed E-state index contributed by atoms with van der Waals surface area (Å²) < 4.78 is 13.4. The number of nitrogens with zero attached hydrogens (tertiary/aromatic N) is 2. The zero-order valence-corrected chi connectivity index (χ0v) is 19.8. The lowest BCUT2D eigenvalue weighted by molar-refractivity contribution is 0.0952. The van der Waals surface area contributed by atoms with E-state index in [1.165, 1.54) is 0 Å². The standard InChI is InChI=1S/C28H31N3O3/c1-21-10-3-4-13-24(21)28(32)29-17-8-16-27-30-25-14-5-6-15-26(25)31(27)18-9-19-34-23-12-7-11-22(20-23)33-2/h3-7,10-15,20H,8-9,16-19H2,1-2H3,(H,29,32). The van der Waals surface area contributed by atoms with Gasteiger partial charge in [-0.15, -0.1) is 0 Å². The lowest BCUT2D eigenvalue weighted by Gasteiger charge is -2.11. The van der Waals surface area contributed by atoms with E-state index in [1.807, 2.05) is 73.7 Å². The molecule has 0 radical (unpaired) electrons. The normalized spacial score (nSPS) is 10.9. The molecule has 0 saturated carbocycles. The van der Waals surface area contributed by atoms with Crippen LogP contribution in [0.2, 0.25) is 0 Å². The van der Waals surface area contributed by atoms with E-state index in [0.717, 1.165) is 65.3 Å². The molecule has 6 heteroatoms. The average Bonchev–Trinajstić information content (AvgIpc) is 3.22. The Morgan fingerprint density at radius 2 is 1.76 bits per heavy atom. The fraction of sp³-hybridized carbons (Fsp3) is 0.286. The number of nitrogens with one attached hydrogen (secondary N) is 1. The molecule has 0 unspecified atom stereocenters. The second-order valence-electron chi connectivity index (χ2n) is 8.22. The van der Waals surface area contributed by atoms with E-state index in [-0.39, 0.29) is 5.91 Å². The number of benzene rings is 3. The number of amides is 1. The van der Waals surface area contributed by atoms with Crippen molar-refractivity contribution in [2.45, 2.75) is 32.7 Å². The van der Waals surface area contributed by atoms with Crippen LogP contribution in [0.15, 0.2) is 72.8 Å². The minimum Gasteiger partial charge on any atom is -0.497 e.